The molecule has 4 N–H and O–H groups in total. The summed E-state index contributed by atoms with van der Waals surface area (Å²) in [6, 6.07) is 7.36. The third-order valence-electron chi connectivity index (χ3n) is 3.51. The Hall–Kier alpha value is -1.85. The molecule has 5 nitrogen and oxygen atoms in total. The molecule has 1 atom stereocenters. The molecule has 1 amide bonds. The molecule has 20 heavy (non-hydrogen) atoms. The fourth-order valence-electron chi connectivity index (χ4n) is 2.41. The van der Waals surface area contributed by atoms with Gasteiger partial charge in [-0.15, -0.1) is 0 Å². The molecular weight excluding hydrogens is 254 g/mol. The number of unbranched alkanes of at least 4 members (excludes halogenated alkanes) is 1. The first-order chi connectivity index (χ1) is 9.67. The van der Waals surface area contributed by atoms with Gasteiger partial charge in [-0.2, -0.15) is 0 Å². The van der Waals surface area contributed by atoms with Gasteiger partial charge in [0.15, 0.2) is 0 Å². The molecule has 2 aromatic rings. The minimum Gasteiger partial charge on any atom is -0.347 e. The molecule has 2 rings (SSSR count). The highest BCUT2D eigenvalue weighted by Gasteiger charge is 2.16. The van der Waals surface area contributed by atoms with Crippen molar-refractivity contribution in [1.29, 1.82) is 0 Å². The average Bonchev–Trinajstić information content (AvgIpc) is 2.82. The normalized spacial score (nSPS) is 12.6. The number of hydrogen-bond donors (Lipinski definition) is 3. The van der Waals surface area contributed by atoms with Crippen LogP contribution in [0, 0.1) is 0 Å². The number of aryl methyl sites for hydroxylation is 1. The molecule has 0 saturated heterocycles. The fourth-order valence-corrected chi connectivity index (χ4v) is 2.41. The van der Waals surface area contributed by atoms with Gasteiger partial charge in [0.2, 0.25) is 0 Å². The quantitative estimate of drug-likeness (QED) is 0.555. The van der Waals surface area contributed by atoms with E-state index in [-0.39, 0.29) is 0 Å². The van der Waals surface area contributed by atoms with Crippen molar-refractivity contribution in [2.45, 2.75) is 38.8 Å². The van der Waals surface area contributed by atoms with Crippen LogP contribution in [0.2, 0.25) is 0 Å². The molecule has 0 radical (unpaired) electrons. The van der Waals surface area contributed by atoms with Crippen LogP contribution in [0.1, 0.15) is 25.3 Å². The second-order valence-electron chi connectivity index (χ2n) is 5.01. The molecule has 0 bridgehead atoms. The number of carbonyl (C=O) groups excluding carboxylic acids is 1. The van der Waals surface area contributed by atoms with Crippen molar-refractivity contribution in [3.05, 3.63) is 36.0 Å². The van der Waals surface area contributed by atoms with Crippen LogP contribution in [0.3, 0.4) is 0 Å². The second-order valence-corrected chi connectivity index (χ2v) is 5.01. The fraction of sp³-hybridized carbons (Fsp3) is 0.400. The maximum absolute atomic E-state index is 11.3. The smallest absolute Gasteiger partial charge is 0.260 e. The van der Waals surface area contributed by atoms with E-state index in [0.717, 1.165) is 35.9 Å². The van der Waals surface area contributed by atoms with Crippen LogP contribution < -0.4 is 11.2 Å². The molecule has 0 unspecified atom stereocenters. The lowest BCUT2D eigenvalue weighted by atomic mass is 10.1. The number of para-hydroxylation sites is 1. The third kappa shape index (κ3) is 3.00. The number of nitrogens with one attached hydrogen (secondary N) is 1. The highest BCUT2D eigenvalue weighted by molar-refractivity contribution is 5.86. The maximum Gasteiger partial charge on any atom is 0.260 e. The molecule has 5 heteroatoms. The van der Waals surface area contributed by atoms with Crippen molar-refractivity contribution in [2.24, 2.45) is 5.73 Å². The predicted octanol–water partition coefficient (Wildman–Crippen LogP) is 1.82. The number of benzene rings is 1. The SMILES string of the molecule is CCCCn1cc(C[C@@H](N)C(=O)NO)c2ccccc21. The Labute approximate surface area is 118 Å². The largest absolute Gasteiger partial charge is 0.347 e. The number of nitrogens with zero attached hydrogens (tertiary/aromatic N) is 1. The van der Waals surface area contributed by atoms with E-state index in [4.69, 9.17) is 10.9 Å². The number of hydrogen-bond acceptors (Lipinski definition) is 3. The van der Waals surface area contributed by atoms with E-state index in [1.165, 1.54) is 0 Å². The number of amides is 1. The second kappa shape index (κ2) is 6.54. The van der Waals surface area contributed by atoms with Crippen LogP contribution in [0.15, 0.2) is 30.5 Å². The number of fused-ring (bicyclic) bond motifs is 1. The molecule has 0 saturated carbocycles. The lowest BCUT2D eigenvalue weighted by molar-refractivity contribution is -0.130. The summed E-state index contributed by atoms with van der Waals surface area (Å²) in [7, 11) is 0. The zero-order valence-corrected chi connectivity index (χ0v) is 11.7. The van der Waals surface area contributed by atoms with E-state index >= 15 is 0 Å². The van der Waals surface area contributed by atoms with Crippen molar-refractivity contribution < 1.29 is 10.0 Å². The van der Waals surface area contributed by atoms with E-state index in [9.17, 15) is 4.79 Å². The van der Waals surface area contributed by atoms with Gasteiger partial charge < -0.3 is 10.3 Å². The lowest BCUT2D eigenvalue weighted by Crippen LogP contribution is -2.40. The number of carbonyl (C=O) groups is 1. The van der Waals surface area contributed by atoms with Crippen LogP contribution in [0.5, 0.6) is 0 Å². The zero-order chi connectivity index (χ0) is 14.5. The molecular formula is C15H21N3O2. The minimum atomic E-state index is -0.745. The highest BCUT2D eigenvalue weighted by atomic mass is 16.5. The third-order valence-corrected chi connectivity index (χ3v) is 3.51. The van der Waals surface area contributed by atoms with Gasteiger partial charge in [0.25, 0.3) is 5.91 Å². The van der Waals surface area contributed by atoms with Crippen LogP contribution >= 0.6 is 0 Å². The van der Waals surface area contributed by atoms with E-state index in [2.05, 4.69) is 23.8 Å². The summed E-state index contributed by atoms with van der Waals surface area (Å²) in [6.07, 6.45) is 4.71. The average molecular weight is 275 g/mol. The van der Waals surface area contributed by atoms with E-state index < -0.39 is 11.9 Å². The van der Waals surface area contributed by atoms with Gasteiger partial charge in [-0.05, 0) is 24.5 Å². The van der Waals surface area contributed by atoms with Gasteiger partial charge in [0.05, 0.1) is 6.04 Å². The molecule has 0 aliphatic rings. The monoisotopic (exact) mass is 275 g/mol. The van der Waals surface area contributed by atoms with E-state index in [1.54, 1.807) is 5.48 Å². The van der Waals surface area contributed by atoms with E-state index in [1.807, 2.05) is 18.2 Å². The van der Waals surface area contributed by atoms with Crippen molar-refractivity contribution in [3.63, 3.8) is 0 Å². The van der Waals surface area contributed by atoms with Crippen molar-refractivity contribution in [1.82, 2.24) is 10.0 Å². The Morgan fingerprint density at radius 2 is 2.20 bits per heavy atom. The number of aromatic nitrogens is 1. The van der Waals surface area contributed by atoms with Gasteiger partial charge in [-0.3, -0.25) is 10.0 Å². The molecule has 0 aliphatic heterocycles. The first kappa shape index (κ1) is 14.6. The summed E-state index contributed by atoms with van der Waals surface area (Å²) in [5.74, 6) is -0.560. The Bertz CT molecular complexity index is 592. The Morgan fingerprint density at radius 3 is 2.90 bits per heavy atom. The number of hydroxylamine groups is 1. The molecule has 0 spiro atoms. The summed E-state index contributed by atoms with van der Waals surface area (Å²) < 4.78 is 2.21. The first-order valence-corrected chi connectivity index (χ1v) is 6.93. The summed E-state index contributed by atoms with van der Waals surface area (Å²) in [5.41, 5.74) is 9.58. The van der Waals surface area contributed by atoms with Crippen molar-refractivity contribution in [2.75, 3.05) is 0 Å². The molecule has 108 valence electrons. The molecule has 1 aromatic heterocycles. The van der Waals surface area contributed by atoms with Gasteiger partial charge >= 0.3 is 0 Å². The molecule has 1 aromatic carbocycles. The highest BCUT2D eigenvalue weighted by Crippen LogP contribution is 2.23. The molecule has 0 aliphatic carbocycles. The van der Waals surface area contributed by atoms with Gasteiger partial charge in [-0.25, -0.2) is 5.48 Å². The summed E-state index contributed by atoms with van der Waals surface area (Å²) in [6.45, 7) is 3.12. The summed E-state index contributed by atoms with van der Waals surface area (Å²) in [4.78, 5) is 11.3. The van der Waals surface area contributed by atoms with Crippen LogP contribution in [0.4, 0.5) is 0 Å². The van der Waals surface area contributed by atoms with Crippen LogP contribution in [-0.4, -0.2) is 21.7 Å². The Balaban J connectivity index is 2.31. The van der Waals surface area contributed by atoms with Crippen LogP contribution in [0.25, 0.3) is 10.9 Å². The Morgan fingerprint density at radius 1 is 1.45 bits per heavy atom. The molecule has 1 heterocycles. The maximum atomic E-state index is 11.3. The minimum absolute atomic E-state index is 0.409. The molecule has 0 fully saturated rings. The number of nitrogens with two attached hydrogens (primary N) is 1. The Kier molecular flexibility index (Phi) is 4.76. The van der Waals surface area contributed by atoms with Gasteiger partial charge in [-0.1, -0.05) is 31.5 Å². The summed E-state index contributed by atoms with van der Waals surface area (Å²) in [5, 5.41) is 9.75. The first-order valence-electron chi connectivity index (χ1n) is 6.93. The van der Waals surface area contributed by atoms with Gasteiger partial charge in [0, 0.05) is 23.6 Å². The van der Waals surface area contributed by atoms with Crippen molar-refractivity contribution >= 4 is 16.8 Å². The number of rotatable bonds is 6. The predicted molar refractivity (Wildman–Crippen MR) is 78.5 cm³/mol. The van der Waals surface area contributed by atoms with Gasteiger partial charge in [0.1, 0.15) is 0 Å². The topological polar surface area (TPSA) is 80.3 Å². The zero-order valence-electron chi connectivity index (χ0n) is 11.7. The van der Waals surface area contributed by atoms with E-state index in [0.29, 0.717) is 6.42 Å². The van der Waals surface area contributed by atoms with Crippen LogP contribution in [-0.2, 0) is 17.8 Å². The van der Waals surface area contributed by atoms with Crippen molar-refractivity contribution in [3.8, 4) is 0 Å². The standard InChI is InChI=1S/C15H21N3O2/c1-2-3-8-18-10-11(9-13(16)15(19)17-20)12-6-4-5-7-14(12)18/h4-7,10,13,20H,2-3,8-9,16H2,1H3,(H,17,19)/t13-/m1/s1. The lowest BCUT2D eigenvalue weighted by Gasteiger charge is -2.07. The summed E-state index contributed by atoms with van der Waals surface area (Å²) >= 11 is 0.